The maximum absolute atomic E-state index is 14.7. The Morgan fingerprint density at radius 3 is 1.65 bits per heavy atom. The number of amides is 14. The van der Waals surface area contributed by atoms with Crippen LogP contribution < -0.4 is 80.6 Å². The predicted octanol–water partition coefficient (Wildman–Crippen LogP) is -4.17. The Labute approximate surface area is 648 Å². The van der Waals surface area contributed by atoms with E-state index in [1.807, 2.05) is 5.32 Å². The van der Waals surface area contributed by atoms with Gasteiger partial charge in [0.15, 0.2) is 0 Å². The lowest BCUT2D eigenvalue weighted by Gasteiger charge is -2.30. The van der Waals surface area contributed by atoms with Gasteiger partial charge < -0.3 is 116 Å². The van der Waals surface area contributed by atoms with Crippen molar-refractivity contribution < 1.29 is 126 Å². The number of benzene rings is 1. The number of nitrogens with one attached hydrogen (secondary N) is 14. The third-order valence-electron chi connectivity index (χ3n) is 18.3. The van der Waals surface area contributed by atoms with Gasteiger partial charge in [0.25, 0.3) is 0 Å². The van der Waals surface area contributed by atoms with Crippen molar-refractivity contribution in [1.82, 2.24) is 74.1 Å². The predicted molar refractivity (Wildman–Crippen MR) is 394 cm³/mol. The van der Waals surface area contributed by atoms with E-state index in [1.165, 1.54) is 13.8 Å². The van der Waals surface area contributed by atoms with Gasteiger partial charge in [-0.3, -0.25) is 91.1 Å². The first-order valence-corrected chi connectivity index (χ1v) is 37.0. The summed E-state index contributed by atoms with van der Waals surface area (Å²) in [6, 6.07) is -14.6. The largest absolute Gasteiger partial charge is 0.481 e. The first kappa shape index (κ1) is 95.3. The molecular weight excluding hydrogens is 1490 g/mol. The number of H-pyrrole nitrogens is 1. The molecule has 0 bridgehead atoms. The molecule has 113 heavy (non-hydrogen) atoms. The van der Waals surface area contributed by atoms with Crippen molar-refractivity contribution in [3.05, 3.63) is 36.0 Å². The van der Waals surface area contributed by atoms with Gasteiger partial charge in [-0.1, -0.05) is 84.4 Å². The second-order valence-electron chi connectivity index (χ2n) is 27.5. The van der Waals surface area contributed by atoms with Crippen LogP contribution in [0.1, 0.15) is 169 Å². The number of fused-ring (bicyclic) bond motifs is 1. The summed E-state index contributed by atoms with van der Waals surface area (Å²) in [7, 11) is 0. The Kier molecular flexibility index (Phi) is 41.1. The molecule has 42 heteroatoms. The molecule has 2 heterocycles. The van der Waals surface area contributed by atoms with Crippen molar-refractivity contribution in [3.8, 4) is 0 Å². The molecule has 2 aromatic rings. The fourth-order valence-electron chi connectivity index (χ4n) is 11.5. The van der Waals surface area contributed by atoms with E-state index in [1.54, 1.807) is 30.5 Å². The van der Waals surface area contributed by atoms with Crippen LogP contribution in [0.2, 0.25) is 0 Å². The smallest absolute Gasteiger partial charge is 0.329 e. The Bertz CT molecular complexity index is 3740. The minimum Gasteiger partial charge on any atom is -0.481 e. The number of hydrogen-bond donors (Lipinski definition) is 21. The number of nitrogens with two attached hydrogens (primary N) is 2. The molecule has 1 aliphatic rings. The van der Waals surface area contributed by atoms with Crippen LogP contribution in [0.5, 0.6) is 0 Å². The number of aliphatic carboxylic acids is 5. The van der Waals surface area contributed by atoms with Crippen molar-refractivity contribution in [2.24, 2.45) is 23.3 Å². The van der Waals surface area contributed by atoms with E-state index in [9.17, 15) is 121 Å². The zero-order chi connectivity index (χ0) is 84.8. The van der Waals surface area contributed by atoms with Gasteiger partial charge in [0.2, 0.25) is 82.7 Å². The lowest BCUT2D eigenvalue weighted by Crippen LogP contribution is -2.61. The summed E-state index contributed by atoms with van der Waals surface area (Å²) >= 11 is 0. The molecule has 23 N–H and O–H groups in total. The van der Waals surface area contributed by atoms with Crippen LogP contribution in [-0.2, 0) is 107 Å². The molecular formula is C71H106N16O26. The highest BCUT2D eigenvalue weighted by molar-refractivity contribution is 6.02. The number of para-hydroxylation sites is 1. The second kappa shape index (κ2) is 48.7. The average molecular weight is 1600 g/mol. The lowest BCUT2D eigenvalue weighted by molar-refractivity contribution is -0.157. The highest BCUT2D eigenvalue weighted by Gasteiger charge is 2.41. The molecule has 3 rings (SSSR count). The Hall–Kier alpha value is -11.9. The van der Waals surface area contributed by atoms with E-state index < -0.39 is 261 Å². The molecule has 42 nitrogen and oxygen atoms in total. The summed E-state index contributed by atoms with van der Waals surface area (Å²) < 4.78 is 5.70. The summed E-state index contributed by atoms with van der Waals surface area (Å²) in [6.45, 7) is 6.79. The van der Waals surface area contributed by atoms with Crippen LogP contribution in [0, 0.1) is 11.8 Å². The number of esters is 1. The fourth-order valence-corrected chi connectivity index (χ4v) is 11.5. The molecule has 1 aromatic carbocycles. The normalized spacial score (nSPS) is 21.7. The summed E-state index contributed by atoms with van der Waals surface area (Å²) in [5.41, 5.74) is 12.2. The highest BCUT2D eigenvalue weighted by atomic mass is 16.5. The molecule has 14 atom stereocenters. The summed E-state index contributed by atoms with van der Waals surface area (Å²) in [5.74, 6) is -28.1. The van der Waals surface area contributed by atoms with Gasteiger partial charge in [-0.25, -0.2) is 4.79 Å². The molecule has 0 radical (unpaired) electrons. The number of cyclic esters (lactones) is 1. The van der Waals surface area contributed by atoms with Crippen LogP contribution in [0.15, 0.2) is 30.5 Å². The maximum atomic E-state index is 14.7. The minimum absolute atomic E-state index is 0.00588. The summed E-state index contributed by atoms with van der Waals surface area (Å²) in [5, 5.41) is 78.7. The fraction of sp³-hybridized carbons (Fsp3) is 0.606. The van der Waals surface area contributed by atoms with Crippen LogP contribution in [0.3, 0.4) is 0 Å². The molecule has 0 saturated carbocycles. The highest BCUT2D eigenvalue weighted by Crippen LogP contribution is 2.21. The first-order valence-electron chi connectivity index (χ1n) is 37.0. The van der Waals surface area contributed by atoms with E-state index >= 15 is 0 Å². The van der Waals surface area contributed by atoms with Gasteiger partial charge in [-0.15, -0.1) is 0 Å². The number of unbranched alkanes of at least 4 members (excludes halogenated alkanes) is 4. The SMILES string of the molecule is CCC(C)CCCCCCC(=O)NC(Cc1c[nH]c2ccccc12)C(=O)NC(CCC(=O)O)C(=O)NC(CC(=O)O)C(=O)NC1C(=O)NCC(=O)NC(C)C(=O)NC(CC(=O)O)C(=O)NC(CCCCN)C(=O)NC(CC(=O)O)C(=O)NCC(=O)NC(CC(N)=O)C(=O)NC(CCC(=O)O)C(=O)NC(C(C)CC)C(=O)OC1C. The molecule has 1 aromatic heterocycles. The molecule has 626 valence electrons. The van der Waals surface area contributed by atoms with Gasteiger partial charge in [0.05, 0.1) is 38.8 Å². The van der Waals surface area contributed by atoms with E-state index in [2.05, 4.69) is 82.6 Å². The number of ether oxygens (including phenoxy) is 1. The van der Waals surface area contributed by atoms with Crippen molar-refractivity contribution in [2.45, 2.75) is 243 Å². The van der Waals surface area contributed by atoms with Gasteiger partial charge in [-0.05, 0) is 82.4 Å². The van der Waals surface area contributed by atoms with E-state index in [-0.39, 0.29) is 45.1 Å². The van der Waals surface area contributed by atoms with Crippen molar-refractivity contribution in [2.75, 3.05) is 19.6 Å². The molecule has 1 aliphatic heterocycles. The Balaban J connectivity index is 2.20. The van der Waals surface area contributed by atoms with Crippen LogP contribution in [0.4, 0.5) is 0 Å². The average Bonchev–Trinajstić information content (AvgIpc) is 1.72. The number of carboxylic acid groups (broad SMARTS) is 5. The maximum Gasteiger partial charge on any atom is 0.329 e. The Morgan fingerprint density at radius 1 is 0.522 bits per heavy atom. The number of carbonyl (C=O) groups is 20. The number of aromatic nitrogens is 1. The van der Waals surface area contributed by atoms with Crippen molar-refractivity contribution in [1.29, 1.82) is 0 Å². The van der Waals surface area contributed by atoms with Gasteiger partial charge in [-0.2, -0.15) is 0 Å². The summed E-state index contributed by atoms with van der Waals surface area (Å²) in [6.07, 6.45) is -3.79. The zero-order valence-corrected chi connectivity index (χ0v) is 63.7. The lowest BCUT2D eigenvalue weighted by atomic mass is 9.98. The van der Waals surface area contributed by atoms with E-state index in [0.717, 1.165) is 39.5 Å². The van der Waals surface area contributed by atoms with Crippen LogP contribution in [0.25, 0.3) is 10.9 Å². The number of rotatable bonds is 37. The third-order valence-corrected chi connectivity index (χ3v) is 18.3. The van der Waals surface area contributed by atoms with Crippen LogP contribution in [-0.4, -0.2) is 241 Å². The Morgan fingerprint density at radius 2 is 1.06 bits per heavy atom. The third kappa shape index (κ3) is 34.9. The van der Waals surface area contributed by atoms with Gasteiger partial charge in [0.1, 0.15) is 72.6 Å². The molecule has 14 amide bonds. The molecule has 14 unspecified atom stereocenters. The number of primary amides is 1. The molecule has 0 aliphatic carbocycles. The number of aromatic amines is 1. The van der Waals surface area contributed by atoms with Crippen LogP contribution >= 0.6 is 0 Å². The monoisotopic (exact) mass is 1600 g/mol. The number of hydrogen-bond acceptors (Lipinski definition) is 22. The topological polar surface area (TPSA) is 676 Å². The first-order chi connectivity index (χ1) is 53.3. The van der Waals surface area contributed by atoms with E-state index in [0.29, 0.717) is 35.2 Å². The van der Waals surface area contributed by atoms with E-state index in [4.69, 9.17) is 16.2 Å². The second-order valence-corrected chi connectivity index (χ2v) is 27.5. The quantitative estimate of drug-likeness (QED) is 0.0225. The zero-order valence-electron chi connectivity index (χ0n) is 63.7. The van der Waals surface area contributed by atoms with Crippen molar-refractivity contribution in [3.63, 3.8) is 0 Å². The summed E-state index contributed by atoms with van der Waals surface area (Å²) in [4.78, 5) is 273. The molecule has 1 fully saturated rings. The van der Waals surface area contributed by atoms with Gasteiger partial charge >= 0.3 is 35.8 Å². The standard InChI is InChI=1S/C71H106N16O26/c1-7-35(3)17-11-9-10-12-21-51(89)78-45(27-39-32-74-41-19-14-13-18-40(39)41)66(107)81-43(22-24-54(92)93)64(105)85-49(31-58(100)101)69(110)87-60-38(6)113-71(112)59(36(4)8-2)86-65(106)44(23-25-55(94)95)82-67(108)46(28-50(73)88)79-53(91)34-75-62(103)47(29-56(96)97)84-63(104)42(20-15-16-26-72)80-68(109)48(30-57(98)99)83-61(102)37(5)77-52(90)33-76-70(60)111/h13-14,18-19,32,35-38,42-49,59-60,74H,7-12,15-17,20-31,33-34,72H2,1-6H3,(H2,73,88)(H,75,103)(H,76,111)(H,77,90)(H,78,89)(H,79,91)(H,80,109)(H,81,107)(H,82,108)(H,83,102)(H,84,104)(H,85,105)(H,86,106)(H,87,110)(H,92,93)(H,94,95)(H,96,97)(H,98,99)(H,100,101). The number of carboxylic acids is 5. The molecule has 1 saturated heterocycles. The van der Waals surface area contributed by atoms with Crippen molar-refractivity contribution >= 4 is 129 Å². The number of carbonyl (C=O) groups excluding carboxylic acids is 15. The molecule has 0 spiro atoms. The minimum atomic E-state index is -2.32. The van der Waals surface area contributed by atoms with Gasteiger partial charge in [0, 0.05) is 42.8 Å².